The number of aryl methyl sites for hydroxylation is 1. The van der Waals surface area contributed by atoms with Crippen LogP contribution in [0.15, 0.2) is 12.1 Å². The fraction of sp³-hybridized carbons (Fsp3) is 0.765. The van der Waals surface area contributed by atoms with Gasteiger partial charge in [-0.3, -0.25) is 0 Å². The van der Waals surface area contributed by atoms with Gasteiger partial charge < -0.3 is 9.80 Å². The van der Waals surface area contributed by atoms with Gasteiger partial charge in [0.25, 0.3) is 0 Å². The molecule has 0 N–H and O–H groups in total. The van der Waals surface area contributed by atoms with E-state index in [1.807, 2.05) is 6.92 Å². The number of likely N-dealkylation sites (tertiary alicyclic amines) is 1. The molecule has 4 rings (SSSR count). The highest BCUT2D eigenvalue weighted by Gasteiger charge is 2.42. The Balaban J connectivity index is 1.43. The molecule has 0 unspecified atom stereocenters. The van der Waals surface area contributed by atoms with Crippen molar-refractivity contribution in [2.24, 2.45) is 11.3 Å². The van der Waals surface area contributed by atoms with Crippen molar-refractivity contribution < 1.29 is 0 Å². The zero-order chi connectivity index (χ0) is 14.3. The number of hydrogen-bond acceptors (Lipinski definition) is 4. The van der Waals surface area contributed by atoms with Crippen molar-refractivity contribution in [2.45, 2.75) is 39.0 Å². The average Bonchev–Trinajstić information content (AvgIpc) is 3.22. The van der Waals surface area contributed by atoms with E-state index >= 15 is 0 Å². The molecule has 1 atom stereocenters. The summed E-state index contributed by atoms with van der Waals surface area (Å²) in [5.41, 5.74) is 1.52. The van der Waals surface area contributed by atoms with Crippen molar-refractivity contribution in [3.05, 3.63) is 17.8 Å². The molecule has 114 valence electrons. The molecule has 1 aromatic rings. The Labute approximate surface area is 127 Å². The molecule has 1 aliphatic carbocycles. The van der Waals surface area contributed by atoms with Crippen LogP contribution in [-0.4, -0.2) is 47.8 Å². The maximum Gasteiger partial charge on any atom is 0.151 e. The van der Waals surface area contributed by atoms with Gasteiger partial charge in [0.05, 0.1) is 5.69 Å². The normalized spacial score (nSPS) is 30.2. The molecule has 1 spiro atoms. The van der Waals surface area contributed by atoms with Gasteiger partial charge in [-0.2, -0.15) is 5.10 Å². The lowest BCUT2D eigenvalue weighted by molar-refractivity contribution is 0.216. The van der Waals surface area contributed by atoms with Crippen molar-refractivity contribution in [3.8, 4) is 0 Å². The molecule has 1 aromatic heterocycles. The molecule has 0 aromatic carbocycles. The Morgan fingerprint density at radius 2 is 2.05 bits per heavy atom. The van der Waals surface area contributed by atoms with Crippen LogP contribution in [0.1, 0.15) is 37.8 Å². The first-order valence-corrected chi connectivity index (χ1v) is 8.50. The Morgan fingerprint density at radius 1 is 1.14 bits per heavy atom. The van der Waals surface area contributed by atoms with E-state index in [0.29, 0.717) is 5.41 Å². The maximum atomic E-state index is 4.40. The van der Waals surface area contributed by atoms with E-state index in [2.05, 4.69) is 32.1 Å². The minimum Gasteiger partial charge on any atom is -0.355 e. The van der Waals surface area contributed by atoms with Crippen LogP contribution in [0.5, 0.6) is 0 Å². The highest BCUT2D eigenvalue weighted by Crippen LogP contribution is 2.41. The first-order chi connectivity index (χ1) is 10.2. The molecule has 1 saturated carbocycles. The lowest BCUT2D eigenvalue weighted by Crippen LogP contribution is -2.45. The van der Waals surface area contributed by atoms with Crippen LogP contribution in [0.2, 0.25) is 0 Å². The molecule has 2 aliphatic heterocycles. The van der Waals surface area contributed by atoms with E-state index in [1.54, 1.807) is 0 Å². The standard InChI is InChI=1S/C17H26N4/c1-14-3-6-16(19-18-14)21-9-2-7-17(13-21)8-10-20(12-17)11-15-4-5-15/h3,6,15H,2,4-5,7-13H2,1H3/t17-/m0/s1. The molecule has 4 nitrogen and oxygen atoms in total. The number of aromatic nitrogens is 2. The van der Waals surface area contributed by atoms with Gasteiger partial charge in [-0.05, 0) is 63.6 Å². The summed E-state index contributed by atoms with van der Waals surface area (Å²) in [6, 6.07) is 4.22. The van der Waals surface area contributed by atoms with Crippen LogP contribution in [0.4, 0.5) is 5.82 Å². The fourth-order valence-corrected chi connectivity index (χ4v) is 4.15. The second kappa shape index (κ2) is 5.24. The summed E-state index contributed by atoms with van der Waals surface area (Å²) in [5.74, 6) is 2.09. The van der Waals surface area contributed by atoms with Gasteiger partial charge in [0.15, 0.2) is 5.82 Å². The van der Waals surface area contributed by atoms with Crippen LogP contribution in [0.25, 0.3) is 0 Å². The lowest BCUT2D eigenvalue weighted by atomic mass is 9.79. The van der Waals surface area contributed by atoms with Crippen molar-refractivity contribution in [1.82, 2.24) is 15.1 Å². The zero-order valence-electron chi connectivity index (χ0n) is 13.1. The van der Waals surface area contributed by atoms with Crippen LogP contribution >= 0.6 is 0 Å². The molecule has 0 radical (unpaired) electrons. The van der Waals surface area contributed by atoms with E-state index in [9.17, 15) is 0 Å². The molecule has 0 amide bonds. The van der Waals surface area contributed by atoms with Crippen molar-refractivity contribution in [3.63, 3.8) is 0 Å². The van der Waals surface area contributed by atoms with Crippen molar-refractivity contribution in [1.29, 1.82) is 0 Å². The molecule has 3 heterocycles. The smallest absolute Gasteiger partial charge is 0.151 e. The summed E-state index contributed by atoms with van der Waals surface area (Å²) in [7, 11) is 0. The van der Waals surface area contributed by atoms with Gasteiger partial charge in [0.2, 0.25) is 0 Å². The largest absolute Gasteiger partial charge is 0.355 e. The topological polar surface area (TPSA) is 32.3 Å². The Hall–Kier alpha value is -1.16. The SMILES string of the molecule is Cc1ccc(N2CCC[C@@]3(CCN(CC4CC4)C3)C2)nn1. The quantitative estimate of drug-likeness (QED) is 0.854. The summed E-state index contributed by atoms with van der Waals surface area (Å²) in [4.78, 5) is 5.19. The zero-order valence-corrected chi connectivity index (χ0v) is 13.1. The molecule has 3 fully saturated rings. The van der Waals surface area contributed by atoms with Gasteiger partial charge in [-0.1, -0.05) is 0 Å². The van der Waals surface area contributed by atoms with E-state index in [1.165, 1.54) is 58.3 Å². The third-order valence-corrected chi connectivity index (χ3v) is 5.50. The molecule has 2 saturated heterocycles. The maximum absolute atomic E-state index is 4.40. The number of anilines is 1. The van der Waals surface area contributed by atoms with Gasteiger partial charge in [-0.25, -0.2) is 0 Å². The minimum atomic E-state index is 0.514. The second-order valence-electron chi connectivity index (χ2n) is 7.49. The monoisotopic (exact) mass is 286 g/mol. The molecule has 0 bridgehead atoms. The molecule has 4 heteroatoms. The van der Waals surface area contributed by atoms with Gasteiger partial charge in [0.1, 0.15) is 0 Å². The van der Waals surface area contributed by atoms with E-state index < -0.39 is 0 Å². The highest BCUT2D eigenvalue weighted by atomic mass is 15.3. The molecule has 21 heavy (non-hydrogen) atoms. The van der Waals surface area contributed by atoms with Gasteiger partial charge in [0, 0.05) is 31.6 Å². The first-order valence-electron chi connectivity index (χ1n) is 8.50. The lowest BCUT2D eigenvalue weighted by Gasteiger charge is -2.41. The molecular formula is C17H26N4. The van der Waals surface area contributed by atoms with Gasteiger partial charge >= 0.3 is 0 Å². The minimum absolute atomic E-state index is 0.514. The summed E-state index contributed by atoms with van der Waals surface area (Å²) >= 11 is 0. The van der Waals surface area contributed by atoms with E-state index in [4.69, 9.17) is 0 Å². The van der Waals surface area contributed by atoms with Crippen LogP contribution in [0, 0.1) is 18.3 Å². The van der Waals surface area contributed by atoms with Crippen LogP contribution in [-0.2, 0) is 0 Å². The summed E-state index contributed by atoms with van der Waals surface area (Å²) in [5, 5.41) is 8.63. The number of nitrogens with zero attached hydrogens (tertiary/aromatic N) is 4. The van der Waals surface area contributed by atoms with E-state index in [0.717, 1.165) is 24.0 Å². The third kappa shape index (κ3) is 2.91. The molecular weight excluding hydrogens is 260 g/mol. The first kappa shape index (κ1) is 13.5. The summed E-state index contributed by atoms with van der Waals surface area (Å²) in [6.07, 6.45) is 7.00. The fourth-order valence-electron chi connectivity index (χ4n) is 4.15. The Kier molecular flexibility index (Phi) is 3.37. The number of rotatable bonds is 3. The predicted octanol–water partition coefficient (Wildman–Crippen LogP) is 2.49. The highest BCUT2D eigenvalue weighted by molar-refractivity contribution is 5.38. The second-order valence-corrected chi connectivity index (χ2v) is 7.49. The Morgan fingerprint density at radius 3 is 2.81 bits per heavy atom. The number of hydrogen-bond donors (Lipinski definition) is 0. The van der Waals surface area contributed by atoms with Crippen LogP contribution in [0.3, 0.4) is 0 Å². The van der Waals surface area contributed by atoms with E-state index in [-0.39, 0.29) is 0 Å². The van der Waals surface area contributed by atoms with Crippen molar-refractivity contribution >= 4 is 5.82 Å². The molecule has 3 aliphatic rings. The third-order valence-electron chi connectivity index (χ3n) is 5.50. The summed E-state index contributed by atoms with van der Waals surface area (Å²) in [6.45, 7) is 8.28. The summed E-state index contributed by atoms with van der Waals surface area (Å²) < 4.78 is 0. The number of piperidine rings is 1. The Bertz CT molecular complexity index is 496. The van der Waals surface area contributed by atoms with Crippen LogP contribution < -0.4 is 4.90 Å². The van der Waals surface area contributed by atoms with Crippen molar-refractivity contribution in [2.75, 3.05) is 37.6 Å². The average molecular weight is 286 g/mol. The predicted molar refractivity (Wildman–Crippen MR) is 84.4 cm³/mol. The van der Waals surface area contributed by atoms with Gasteiger partial charge in [-0.15, -0.1) is 5.10 Å².